The van der Waals surface area contributed by atoms with Gasteiger partial charge in [-0.25, -0.2) is 4.79 Å². The van der Waals surface area contributed by atoms with Crippen molar-refractivity contribution in [3.8, 4) is 0 Å². The summed E-state index contributed by atoms with van der Waals surface area (Å²) in [6, 6.07) is 7.48. The molecule has 1 heterocycles. The van der Waals surface area contributed by atoms with E-state index in [2.05, 4.69) is 15.9 Å². The Balaban J connectivity index is 0.000000980. The fourth-order valence-corrected chi connectivity index (χ4v) is 1.65. The molecule has 0 bridgehead atoms. The maximum absolute atomic E-state index is 10.5. The number of rotatable bonds is 2. The van der Waals surface area contributed by atoms with Gasteiger partial charge in [-0.3, -0.25) is 0 Å². The summed E-state index contributed by atoms with van der Waals surface area (Å²) in [4.78, 5) is 10.5. The van der Waals surface area contributed by atoms with Crippen molar-refractivity contribution in [3.05, 3.63) is 34.3 Å². The molecule has 0 amide bonds. The van der Waals surface area contributed by atoms with Crippen LogP contribution in [0.4, 0.5) is 0 Å². The second-order valence-corrected chi connectivity index (χ2v) is 3.79. The van der Waals surface area contributed by atoms with Crippen molar-refractivity contribution >= 4 is 73.3 Å². The van der Waals surface area contributed by atoms with Crippen molar-refractivity contribution in [2.75, 3.05) is 0 Å². The van der Waals surface area contributed by atoms with Crippen LogP contribution >= 0.6 is 15.9 Å². The van der Waals surface area contributed by atoms with Crippen LogP contribution in [0.5, 0.6) is 0 Å². The van der Waals surface area contributed by atoms with E-state index < -0.39 is 12.1 Å². The van der Waals surface area contributed by atoms with Crippen molar-refractivity contribution in [1.82, 2.24) is 0 Å². The number of halogens is 1. The zero-order valence-electron chi connectivity index (χ0n) is 6.61. The number of epoxide rings is 1. The average molecular weight is 283 g/mol. The Morgan fingerprint density at radius 3 is 2.71 bits per heavy atom. The molecule has 2 rings (SSSR count). The van der Waals surface area contributed by atoms with Gasteiger partial charge in [0.1, 0.15) is 6.10 Å². The molecule has 1 fully saturated rings. The number of aliphatic carboxylic acids is 1. The number of carboxylic acid groups (broad SMARTS) is 1. The summed E-state index contributed by atoms with van der Waals surface area (Å²) < 4.78 is 5.93. The number of carboxylic acids is 1. The number of ether oxygens (including phenoxy) is 1. The van der Waals surface area contributed by atoms with E-state index in [9.17, 15) is 4.79 Å². The number of carbonyl (C=O) groups is 1. The first-order valence-corrected chi connectivity index (χ1v) is 4.61. The molecule has 2 unspecified atom stereocenters. The molecule has 2 atom stereocenters. The van der Waals surface area contributed by atoms with Crippen LogP contribution in [-0.2, 0) is 9.53 Å². The molecular formula is C9H8BrKO3. The second-order valence-electron chi connectivity index (χ2n) is 2.87. The third kappa shape index (κ3) is 2.88. The van der Waals surface area contributed by atoms with Gasteiger partial charge in [0, 0.05) is 4.47 Å². The molecule has 0 radical (unpaired) electrons. The van der Waals surface area contributed by atoms with Gasteiger partial charge in [-0.2, -0.15) is 0 Å². The van der Waals surface area contributed by atoms with E-state index in [0.29, 0.717) is 0 Å². The van der Waals surface area contributed by atoms with E-state index in [-0.39, 0.29) is 57.5 Å². The predicted octanol–water partition coefficient (Wildman–Crippen LogP) is 1.33. The predicted molar refractivity (Wildman–Crippen MR) is 56.5 cm³/mol. The first-order valence-electron chi connectivity index (χ1n) is 3.82. The number of hydrogen-bond donors (Lipinski definition) is 1. The monoisotopic (exact) mass is 282 g/mol. The first kappa shape index (κ1) is 12.8. The number of hydrogen-bond acceptors (Lipinski definition) is 2. The summed E-state index contributed by atoms with van der Waals surface area (Å²) in [6.07, 6.45) is -0.927. The molecule has 3 nitrogen and oxygen atoms in total. The van der Waals surface area contributed by atoms with Crippen molar-refractivity contribution in [2.24, 2.45) is 0 Å². The van der Waals surface area contributed by atoms with Crippen LogP contribution in [0, 0.1) is 0 Å². The molecule has 0 aliphatic carbocycles. The topological polar surface area (TPSA) is 49.8 Å². The molecule has 5 heteroatoms. The fraction of sp³-hybridized carbons (Fsp3) is 0.222. The van der Waals surface area contributed by atoms with Crippen LogP contribution in [0.2, 0.25) is 0 Å². The number of benzene rings is 1. The molecule has 0 spiro atoms. The molecular weight excluding hydrogens is 275 g/mol. The summed E-state index contributed by atoms with van der Waals surface area (Å²) in [5.41, 5.74) is 0.904. The van der Waals surface area contributed by atoms with Gasteiger partial charge in [-0.05, 0) is 17.7 Å². The van der Waals surface area contributed by atoms with Crippen LogP contribution in [-0.4, -0.2) is 68.6 Å². The molecule has 1 aliphatic heterocycles. The van der Waals surface area contributed by atoms with E-state index in [1.807, 2.05) is 24.3 Å². The molecule has 1 aromatic carbocycles. The van der Waals surface area contributed by atoms with E-state index in [1.165, 1.54) is 0 Å². The van der Waals surface area contributed by atoms with Crippen LogP contribution in [0.25, 0.3) is 0 Å². The van der Waals surface area contributed by atoms with E-state index in [4.69, 9.17) is 9.84 Å². The van der Waals surface area contributed by atoms with Crippen LogP contribution in [0.15, 0.2) is 28.7 Å². The fourth-order valence-electron chi connectivity index (χ4n) is 1.24. The van der Waals surface area contributed by atoms with Gasteiger partial charge in [0.25, 0.3) is 0 Å². The third-order valence-electron chi connectivity index (χ3n) is 1.91. The Morgan fingerprint density at radius 2 is 2.21 bits per heavy atom. The van der Waals surface area contributed by atoms with Crippen molar-refractivity contribution in [1.29, 1.82) is 0 Å². The van der Waals surface area contributed by atoms with Crippen LogP contribution < -0.4 is 0 Å². The molecule has 1 N–H and O–H groups in total. The standard InChI is InChI=1S/C9H7BrO3.K.H/c10-6-3-1-2-5(4-6)7-8(13-7)9(11)12;;/h1-4,7-8H,(H,11,12);;. The van der Waals surface area contributed by atoms with Gasteiger partial charge in [0.2, 0.25) is 0 Å². The summed E-state index contributed by atoms with van der Waals surface area (Å²) in [5, 5.41) is 8.62. The van der Waals surface area contributed by atoms with Crippen LogP contribution in [0.3, 0.4) is 0 Å². The molecule has 1 aliphatic rings. The third-order valence-corrected chi connectivity index (χ3v) is 2.41. The molecule has 1 saturated heterocycles. The van der Waals surface area contributed by atoms with Gasteiger partial charge < -0.3 is 9.84 Å². The Kier molecular flexibility index (Phi) is 4.77. The summed E-state index contributed by atoms with van der Waals surface area (Å²) in [6.45, 7) is 0. The Morgan fingerprint density at radius 1 is 1.50 bits per heavy atom. The van der Waals surface area contributed by atoms with Crippen LogP contribution in [0.1, 0.15) is 11.7 Å². The summed E-state index contributed by atoms with van der Waals surface area (Å²) in [5.74, 6) is -0.898. The zero-order chi connectivity index (χ0) is 9.42. The van der Waals surface area contributed by atoms with Gasteiger partial charge in [0.15, 0.2) is 6.10 Å². The van der Waals surface area contributed by atoms with Gasteiger partial charge in [-0.1, -0.05) is 28.1 Å². The van der Waals surface area contributed by atoms with E-state index >= 15 is 0 Å². The Hall–Kier alpha value is 0.766. The minimum atomic E-state index is -0.898. The molecule has 14 heavy (non-hydrogen) atoms. The van der Waals surface area contributed by atoms with Gasteiger partial charge in [-0.15, -0.1) is 0 Å². The van der Waals surface area contributed by atoms with E-state index in [0.717, 1.165) is 10.0 Å². The average Bonchev–Trinajstić information content (AvgIpc) is 2.82. The van der Waals surface area contributed by atoms with E-state index in [1.54, 1.807) is 0 Å². The van der Waals surface area contributed by atoms with Crippen molar-refractivity contribution in [3.63, 3.8) is 0 Å². The molecule has 0 aromatic heterocycles. The summed E-state index contributed by atoms with van der Waals surface area (Å²) >= 11 is 3.31. The van der Waals surface area contributed by atoms with Crippen molar-refractivity contribution < 1.29 is 14.6 Å². The van der Waals surface area contributed by atoms with Gasteiger partial charge >= 0.3 is 57.4 Å². The summed E-state index contributed by atoms with van der Waals surface area (Å²) in [7, 11) is 0. The first-order chi connectivity index (χ1) is 6.18. The molecule has 1 aromatic rings. The minimum absolute atomic E-state index is 0. The second kappa shape index (κ2) is 5.20. The van der Waals surface area contributed by atoms with Gasteiger partial charge in [0.05, 0.1) is 0 Å². The molecule has 0 saturated carbocycles. The maximum atomic E-state index is 10.5. The quantitative estimate of drug-likeness (QED) is 0.658. The SMILES string of the molecule is O=C(O)C1OC1c1cccc(Br)c1.[KH]. The Labute approximate surface area is 132 Å². The zero-order valence-corrected chi connectivity index (χ0v) is 8.19. The Bertz CT molecular complexity index is 356. The normalized spacial score (nSPS) is 23.8. The van der Waals surface area contributed by atoms with Crippen molar-refractivity contribution in [2.45, 2.75) is 12.2 Å². The molecule has 70 valence electrons.